The number of ether oxygens (including phenoxy) is 1. The van der Waals surface area contributed by atoms with Crippen LogP contribution >= 0.6 is 22.6 Å². The number of hydrazine groups is 1. The first kappa shape index (κ1) is 15.6. The van der Waals surface area contributed by atoms with Crippen LogP contribution in [0.4, 0.5) is 22.0 Å². The zero-order valence-electron chi connectivity index (χ0n) is 11.2. The summed E-state index contributed by atoms with van der Waals surface area (Å²) in [7, 11) is 0. The first-order valence-corrected chi connectivity index (χ1v) is 7.27. The summed E-state index contributed by atoms with van der Waals surface area (Å²) < 4.78 is 19.2. The lowest BCUT2D eigenvalue weighted by Gasteiger charge is -2.10. The number of nitrogen functional groups attached to an aromatic ring is 1. The van der Waals surface area contributed by atoms with Crippen LogP contribution in [0, 0.1) is 9.39 Å². The minimum Gasteiger partial charge on any atom is -0.463 e. The molecule has 0 amide bonds. The third-order valence-electron chi connectivity index (χ3n) is 2.36. The molecular formula is C12H14FIN6O. The molecule has 9 heteroatoms. The average Bonchev–Trinajstić information content (AvgIpc) is 2.48. The van der Waals surface area contributed by atoms with Gasteiger partial charge in [0.05, 0.1) is 12.3 Å². The van der Waals surface area contributed by atoms with E-state index in [0.717, 1.165) is 6.42 Å². The van der Waals surface area contributed by atoms with Gasteiger partial charge in [0, 0.05) is 3.57 Å². The van der Waals surface area contributed by atoms with E-state index >= 15 is 0 Å². The van der Waals surface area contributed by atoms with E-state index in [2.05, 4.69) is 25.7 Å². The molecule has 0 radical (unpaired) electrons. The van der Waals surface area contributed by atoms with Crippen molar-refractivity contribution in [2.75, 3.05) is 17.3 Å². The van der Waals surface area contributed by atoms with Crippen molar-refractivity contribution < 1.29 is 9.13 Å². The molecule has 1 heterocycles. The molecule has 0 aliphatic rings. The second-order valence-corrected chi connectivity index (χ2v) is 5.17. The van der Waals surface area contributed by atoms with Crippen molar-refractivity contribution >= 4 is 40.2 Å². The number of nitrogens with two attached hydrogens (primary N) is 1. The molecule has 0 saturated heterocycles. The van der Waals surface area contributed by atoms with Crippen LogP contribution in [0.15, 0.2) is 18.2 Å². The Morgan fingerprint density at radius 3 is 2.71 bits per heavy atom. The quantitative estimate of drug-likeness (QED) is 0.387. The van der Waals surface area contributed by atoms with Crippen LogP contribution in [0.1, 0.15) is 13.3 Å². The Balaban J connectivity index is 2.25. The van der Waals surface area contributed by atoms with Crippen LogP contribution < -0.4 is 21.3 Å². The summed E-state index contributed by atoms with van der Waals surface area (Å²) >= 11 is 2.02. The van der Waals surface area contributed by atoms with Crippen molar-refractivity contribution in [3.63, 3.8) is 0 Å². The molecule has 1 aromatic carbocycles. The predicted molar refractivity (Wildman–Crippen MR) is 85.8 cm³/mol. The van der Waals surface area contributed by atoms with Crippen LogP contribution in [0.5, 0.6) is 6.01 Å². The van der Waals surface area contributed by atoms with Gasteiger partial charge in [0.2, 0.25) is 11.9 Å². The highest BCUT2D eigenvalue weighted by Crippen LogP contribution is 2.22. The fraction of sp³-hybridized carbons (Fsp3) is 0.250. The molecule has 1 aromatic heterocycles. The van der Waals surface area contributed by atoms with Crippen LogP contribution in [0.25, 0.3) is 0 Å². The Morgan fingerprint density at radius 1 is 1.29 bits per heavy atom. The van der Waals surface area contributed by atoms with E-state index < -0.39 is 0 Å². The smallest absolute Gasteiger partial charge is 0.323 e. The lowest BCUT2D eigenvalue weighted by Crippen LogP contribution is -2.14. The number of hydrogen-bond acceptors (Lipinski definition) is 7. The van der Waals surface area contributed by atoms with Crippen molar-refractivity contribution in [1.82, 2.24) is 15.0 Å². The second kappa shape index (κ2) is 7.31. The Kier molecular flexibility index (Phi) is 5.44. The number of anilines is 3. The predicted octanol–water partition coefficient (Wildman–Crippen LogP) is 2.43. The fourth-order valence-corrected chi connectivity index (χ4v) is 2.06. The van der Waals surface area contributed by atoms with Gasteiger partial charge in [-0.3, -0.25) is 5.43 Å². The van der Waals surface area contributed by atoms with E-state index in [9.17, 15) is 4.39 Å². The maximum Gasteiger partial charge on any atom is 0.323 e. The van der Waals surface area contributed by atoms with E-state index in [0.29, 0.717) is 15.9 Å². The van der Waals surface area contributed by atoms with Gasteiger partial charge in [-0.1, -0.05) is 6.92 Å². The molecule has 0 aliphatic heterocycles. The topological polar surface area (TPSA) is 98.0 Å². The van der Waals surface area contributed by atoms with Gasteiger partial charge in [0.1, 0.15) is 5.82 Å². The van der Waals surface area contributed by atoms with Gasteiger partial charge in [0.15, 0.2) is 0 Å². The molecule has 0 spiro atoms. The van der Waals surface area contributed by atoms with Crippen LogP contribution in [-0.2, 0) is 0 Å². The molecule has 4 N–H and O–H groups in total. The number of aromatic nitrogens is 3. The maximum absolute atomic E-state index is 13.1. The number of rotatable bonds is 6. The van der Waals surface area contributed by atoms with E-state index in [1.807, 2.05) is 29.5 Å². The molecule has 2 aromatic rings. The van der Waals surface area contributed by atoms with Gasteiger partial charge in [-0.05, 0) is 47.2 Å². The van der Waals surface area contributed by atoms with Gasteiger partial charge in [-0.25, -0.2) is 10.2 Å². The third kappa shape index (κ3) is 4.36. The molecule has 21 heavy (non-hydrogen) atoms. The Morgan fingerprint density at radius 2 is 2.05 bits per heavy atom. The molecule has 0 unspecified atom stereocenters. The van der Waals surface area contributed by atoms with Crippen LogP contribution in [0.2, 0.25) is 0 Å². The summed E-state index contributed by atoms with van der Waals surface area (Å²) in [4.78, 5) is 12.2. The second-order valence-electron chi connectivity index (χ2n) is 4.01. The van der Waals surface area contributed by atoms with Crippen molar-refractivity contribution in [1.29, 1.82) is 0 Å². The molecule has 0 fully saturated rings. The minimum atomic E-state index is -0.308. The monoisotopic (exact) mass is 404 g/mol. The first-order valence-electron chi connectivity index (χ1n) is 6.20. The largest absolute Gasteiger partial charge is 0.463 e. The zero-order chi connectivity index (χ0) is 15.2. The van der Waals surface area contributed by atoms with E-state index in [1.165, 1.54) is 12.1 Å². The van der Waals surface area contributed by atoms with E-state index in [-0.39, 0.29) is 23.7 Å². The average molecular weight is 404 g/mol. The lowest BCUT2D eigenvalue weighted by molar-refractivity contribution is 0.292. The van der Waals surface area contributed by atoms with Crippen molar-refractivity contribution in [2.24, 2.45) is 5.84 Å². The molecule has 2 rings (SSSR count). The zero-order valence-corrected chi connectivity index (χ0v) is 13.4. The van der Waals surface area contributed by atoms with Crippen molar-refractivity contribution in [2.45, 2.75) is 13.3 Å². The Labute approximate surface area is 134 Å². The van der Waals surface area contributed by atoms with Crippen molar-refractivity contribution in [3.05, 3.63) is 27.6 Å². The van der Waals surface area contributed by atoms with Gasteiger partial charge in [-0.15, -0.1) is 0 Å². The number of halogens is 2. The van der Waals surface area contributed by atoms with Gasteiger partial charge in [0.25, 0.3) is 0 Å². The SMILES string of the molecule is CCCOc1nc(NN)nc(Nc2ccc(F)cc2I)n1. The van der Waals surface area contributed by atoms with Gasteiger partial charge >= 0.3 is 6.01 Å². The number of nitrogens with one attached hydrogen (secondary N) is 2. The van der Waals surface area contributed by atoms with E-state index in [4.69, 9.17) is 10.6 Å². The first-order chi connectivity index (χ1) is 10.1. The molecule has 0 aliphatic carbocycles. The van der Waals surface area contributed by atoms with Crippen LogP contribution in [-0.4, -0.2) is 21.6 Å². The molecule has 112 valence electrons. The summed E-state index contributed by atoms with van der Waals surface area (Å²) in [5.74, 6) is 5.45. The standard InChI is InChI=1S/C12H14FIN6O/c1-2-5-21-12-18-10(17-11(19-12)20-15)16-9-4-3-7(13)6-8(9)14/h3-4,6H,2,5,15H2,1H3,(H2,16,17,18,19,20). The molecule has 0 saturated carbocycles. The fourth-order valence-electron chi connectivity index (χ4n) is 1.45. The Hall–Kier alpha value is -1.75. The number of nitrogens with zero attached hydrogens (tertiary/aromatic N) is 3. The highest BCUT2D eigenvalue weighted by Gasteiger charge is 2.09. The Bertz CT molecular complexity index is 627. The molecule has 7 nitrogen and oxygen atoms in total. The number of hydrogen-bond donors (Lipinski definition) is 3. The van der Waals surface area contributed by atoms with Crippen molar-refractivity contribution in [3.8, 4) is 6.01 Å². The summed E-state index contributed by atoms with van der Waals surface area (Å²) in [6, 6.07) is 4.52. The van der Waals surface area contributed by atoms with Gasteiger partial charge in [-0.2, -0.15) is 15.0 Å². The normalized spacial score (nSPS) is 10.3. The summed E-state index contributed by atoms with van der Waals surface area (Å²) in [6.45, 7) is 2.46. The van der Waals surface area contributed by atoms with Crippen LogP contribution in [0.3, 0.4) is 0 Å². The third-order valence-corrected chi connectivity index (χ3v) is 3.25. The molecule has 0 atom stereocenters. The summed E-state index contributed by atoms with van der Waals surface area (Å²) in [5, 5.41) is 2.98. The molecule has 0 bridgehead atoms. The van der Waals surface area contributed by atoms with E-state index in [1.54, 1.807) is 6.07 Å². The maximum atomic E-state index is 13.1. The highest BCUT2D eigenvalue weighted by atomic mass is 127. The van der Waals surface area contributed by atoms with Gasteiger partial charge < -0.3 is 10.1 Å². The minimum absolute atomic E-state index is 0.166. The summed E-state index contributed by atoms with van der Waals surface area (Å²) in [6.07, 6.45) is 0.829. The molecular weight excluding hydrogens is 390 g/mol. The number of benzene rings is 1. The lowest BCUT2D eigenvalue weighted by atomic mass is 10.3. The highest BCUT2D eigenvalue weighted by molar-refractivity contribution is 14.1. The summed E-state index contributed by atoms with van der Waals surface area (Å²) in [5.41, 5.74) is 3.02.